The summed E-state index contributed by atoms with van der Waals surface area (Å²) in [6, 6.07) is 6.88. The van der Waals surface area contributed by atoms with Gasteiger partial charge in [0.05, 0.1) is 22.6 Å². The number of benzene rings is 1. The molecule has 1 aromatic carbocycles. The molecule has 23 heavy (non-hydrogen) atoms. The van der Waals surface area contributed by atoms with Crippen LogP contribution < -0.4 is 0 Å². The van der Waals surface area contributed by atoms with Gasteiger partial charge in [0.1, 0.15) is 0 Å². The first-order valence-electron chi connectivity index (χ1n) is 7.39. The van der Waals surface area contributed by atoms with E-state index in [1.807, 2.05) is 12.1 Å². The molecule has 0 aliphatic carbocycles. The Hall–Kier alpha value is -2.15. The van der Waals surface area contributed by atoms with Crippen molar-refractivity contribution in [1.29, 1.82) is 0 Å². The number of aromatic nitrogens is 1. The minimum atomic E-state index is -3.06. The van der Waals surface area contributed by atoms with E-state index in [4.69, 9.17) is 0 Å². The molecule has 2 heterocycles. The molecule has 6 nitrogen and oxygen atoms in total. The van der Waals surface area contributed by atoms with Gasteiger partial charge in [0.2, 0.25) is 5.91 Å². The summed E-state index contributed by atoms with van der Waals surface area (Å²) in [6.45, 7) is 1.44. The lowest BCUT2D eigenvalue weighted by atomic mass is 10.1. The molecule has 2 aromatic rings. The summed E-state index contributed by atoms with van der Waals surface area (Å²) in [5, 5.41) is 0.695. The highest BCUT2D eigenvalue weighted by Gasteiger charge is 2.33. The second kappa shape index (κ2) is 5.49. The fraction of sp³-hybridized carbons (Fsp3) is 0.375. The molecule has 1 amide bonds. The zero-order valence-electron chi connectivity index (χ0n) is 13.0. The summed E-state index contributed by atoms with van der Waals surface area (Å²) in [5.74, 6) is -0.319. The van der Waals surface area contributed by atoms with Crippen LogP contribution in [0.25, 0.3) is 10.9 Å². The molecule has 0 radical (unpaired) electrons. The van der Waals surface area contributed by atoms with E-state index >= 15 is 0 Å². The molecule has 1 atom stereocenters. The van der Waals surface area contributed by atoms with Crippen molar-refractivity contribution >= 4 is 32.6 Å². The van der Waals surface area contributed by atoms with Crippen LogP contribution in [0.3, 0.4) is 0 Å². The third-order valence-electron chi connectivity index (χ3n) is 4.36. The lowest BCUT2D eigenvalue weighted by Gasteiger charge is -2.23. The third kappa shape index (κ3) is 2.76. The largest absolute Gasteiger partial charge is 0.338 e. The SMILES string of the molecule is CC(=O)n1cc(C(=O)N(C)C2CCS(=O)(=O)C2)c2ccccc21. The number of fused-ring (bicyclic) bond motifs is 1. The zero-order chi connectivity index (χ0) is 16.8. The maximum absolute atomic E-state index is 12.8. The van der Waals surface area contributed by atoms with Crippen molar-refractivity contribution in [3.05, 3.63) is 36.0 Å². The van der Waals surface area contributed by atoms with E-state index in [0.29, 0.717) is 22.9 Å². The minimum Gasteiger partial charge on any atom is -0.338 e. The molecule has 1 aromatic heterocycles. The summed E-state index contributed by atoms with van der Waals surface area (Å²) in [6.07, 6.45) is 1.99. The molecule has 1 aliphatic heterocycles. The highest BCUT2D eigenvalue weighted by atomic mass is 32.2. The van der Waals surface area contributed by atoms with E-state index in [1.54, 1.807) is 19.2 Å². The molecule has 0 spiro atoms. The fourth-order valence-electron chi connectivity index (χ4n) is 3.05. The van der Waals surface area contributed by atoms with Gasteiger partial charge < -0.3 is 4.90 Å². The topological polar surface area (TPSA) is 76.5 Å². The smallest absolute Gasteiger partial charge is 0.256 e. The Bertz CT molecular complexity index is 898. The highest BCUT2D eigenvalue weighted by molar-refractivity contribution is 7.91. The van der Waals surface area contributed by atoms with Crippen LogP contribution in [0.5, 0.6) is 0 Å². The first-order valence-corrected chi connectivity index (χ1v) is 9.21. The van der Waals surface area contributed by atoms with E-state index in [1.165, 1.54) is 22.6 Å². The van der Waals surface area contributed by atoms with Crippen LogP contribution in [0.1, 0.15) is 28.5 Å². The molecule has 1 fully saturated rings. The second-order valence-electron chi connectivity index (χ2n) is 5.92. The summed E-state index contributed by atoms with van der Waals surface area (Å²) >= 11 is 0. The van der Waals surface area contributed by atoms with Crippen LogP contribution in [0.15, 0.2) is 30.5 Å². The van der Waals surface area contributed by atoms with E-state index in [9.17, 15) is 18.0 Å². The van der Waals surface area contributed by atoms with E-state index in [-0.39, 0.29) is 29.4 Å². The molecule has 1 aliphatic rings. The standard InChI is InChI=1S/C16H18N2O4S/c1-11(19)18-9-14(13-5-3-4-6-15(13)18)16(20)17(2)12-7-8-23(21,22)10-12/h3-6,9,12H,7-8,10H2,1-2H3. The predicted octanol–water partition coefficient (Wildman–Crippen LogP) is 1.56. The predicted molar refractivity (Wildman–Crippen MR) is 87.4 cm³/mol. The number of nitrogens with zero attached hydrogens (tertiary/aromatic N) is 2. The first-order chi connectivity index (χ1) is 10.8. The number of para-hydroxylation sites is 1. The van der Waals surface area contributed by atoms with Crippen LogP contribution in [0.2, 0.25) is 0 Å². The number of amides is 1. The molecule has 7 heteroatoms. The lowest BCUT2D eigenvalue weighted by molar-refractivity contribution is 0.0749. The van der Waals surface area contributed by atoms with Gasteiger partial charge in [-0.3, -0.25) is 14.2 Å². The van der Waals surface area contributed by atoms with Gasteiger partial charge in [0, 0.05) is 31.6 Å². The van der Waals surface area contributed by atoms with Crippen molar-refractivity contribution in [2.24, 2.45) is 0 Å². The number of carbonyl (C=O) groups is 2. The minimum absolute atomic E-state index is 0.000585. The van der Waals surface area contributed by atoms with Gasteiger partial charge in [-0.05, 0) is 12.5 Å². The molecule has 0 N–H and O–H groups in total. The number of sulfone groups is 1. The number of rotatable bonds is 2. The molecule has 3 rings (SSSR count). The van der Waals surface area contributed by atoms with Crippen LogP contribution in [-0.4, -0.2) is 54.3 Å². The second-order valence-corrected chi connectivity index (χ2v) is 8.15. The van der Waals surface area contributed by atoms with Crippen LogP contribution >= 0.6 is 0 Å². The molecule has 0 bridgehead atoms. The van der Waals surface area contributed by atoms with Gasteiger partial charge in [-0.25, -0.2) is 8.42 Å². The van der Waals surface area contributed by atoms with E-state index in [2.05, 4.69) is 0 Å². The van der Waals surface area contributed by atoms with Crippen molar-refractivity contribution in [2.75, 3.05) is 18.6 Å². The lowest BCUT2D eigenvalue weighted by Crippen LogP contribution is -2.37. The van der Waals surface area contributed by atoms with Gasteiger partial charge in [-0.2, -0.15) is 0 Å². The molecular formula is C16H18N2O4S. The molecule has 122 valence electrons. The quantitative estimate of drug-likeness (QED) is 0.835. The maximum atomic E-state index is 12.8. The van der Waals surface area contributed by atoms with Crippen LogP contribution in [0.4, 0.5) is 0 Å². The first kappa shape index (κ1) is 15.7. The summed E-state index contributed by atoms with van der Waals surface area (Å²) < 4.78 is 24.7. The van der Waals surface area contributed by atoms with Crippen LogP contribution in [0, 0.1) is 0 Å². The average Bonchev–Trinajstić information content (AvgIpc) is 3.06. The van der Waals surface area contributed by atoms with Crippen molar-refractivity contribution < 1.29 is 18.0 Å². The maximum Gasteiger partial charge on any atom is 0.256 e. The van der Waals surface area contributed by atoms with Gasteiger partial charge in [0.15, 0.2) is 9.84 Å². The zero-order valence-corrected chi connectivity index (χ0v) is 13.8. The normalized spacial score (nSPS) is 19.8. The van der Waals surface area contributed by atoms with Crippen molar-refractivity contribution in [3.63, 3.8) is 0 Å². The van der Waals surface area contributed by atoms with E-state index in [0.717, 1.165) is 0 Å². The Morgan fingerprint density at radius 2 is 1.96 bits per heavy atom. The van der Waals surface area contributed by atoms with E-state index < -0.39 is 9.84 Å². The Morgan fingerprint density at radius 3 is 2.57 bits per heavy atom. The molecule has 0 saturated carbocycles. The van der Waals surface area contributed by atoms with Crippen molar-refractivity contribution in [1.82, 2.24) is 9.47 Å². The van der Waals surface area contributed by atoms with Crippen LogP contribution in [-0.2, 0) is 9.84 Å². The Kier molecular flexibility index (Phi) is 3.75. The Balaban J connectivity index is 2.00. The molecule has 1 saturated heterocycles. The van der Waals surface area contributed by atoms with Gasteiger partial charge in [-0.1, -0.05) is 18.2 Å². The van der Waals surface area contributed by atoms with Crippen molar-refractivity contribution in [3.8, 4) is 0 Å². The summed E-state index contributed by atoms with van der Waals surface area (Å²) in [5.41, 5.74) is 1.10. The average molecular weight is 334 g/mol. The number of carbonyl (C=O) groups excluding carboxylic acids is 2. The number of hydrogen-bond acceptors (Lipinski definition) is 4. The monoisotopic (exact) mass is 334 g/mol. The highest BCUT2D eigenvalue weighted by Crippen LogP contribution is 2.25. The molecule has 1 unspecified atom stereocenters. The number of hydrogen-bond donors (Lipinski definition) is 0. The third-order valence-corrected chi connectivity index (χ3v) is 6.11. The Morgan fingerprint density at radius 1 is 1.26 bits per heavy atom. The molecular weight excluding hydrogens is 316 g/mol. The van der Waals surface area contributed by atoms with Gasteiger partial charge in [-0.15, -0.1) is 0 Å². The van der Waals surface area contributed by atoms with Gasteiger partial charge in [0.25, 0.3) is 5.91 Å². The Labute approximate surface area is 134 Å². The fourth-order valence-corrected chi connectivity index (χ4v) is 4.82. The summed E-state index contributed by atoms with van der Waals surface area (Å²) in [4.78, 5) is 26.0. The van der Waals surface area contributed by atoms with Crippen molar-refractivity contribution in [2.45, 2.75) is 19.4 Å². The van der Waals surface area contributed by atoms with Gasteiger partial charge >= 0.3 is 0 Å². The summed E-state index contributed by atoms with van der Waals surface area (Å²) in [7, 11) is -1.44.